The summed E-state index contributed by atoms with van der Waals surface area (Å²) in [5.74, 6) is 0. The largest absolute Gasteiger partial charge is 0.330 e. The lowest BCUT2D eigenvalue weighted by atomic mass is 10.1. The topological polar surface area (TPSA) is 93.8 Å². The molecule has 0 amide bonds. The molecule has 0 aliphatic heterocycles. The first kappa shape index (κ1) is 16.3. The fourth-order valence-corrected chi connectivity index (χ4v) is 3.74. The van der Waals surface area contributed by atoms with Gasteiger partial charge in [-0.2, -0.15) is 0 Å². The number of nitro groups is 1. The third kappa shape index (κ3) is 3.69. The van der Waals surface area contributed by atoms with Gasteiger partial charge in [0.15, 0.2) is 4.34 Å². The van der Waals surface area contributed by atoms with Crippen LogP contribution in [0.4, 0.5) is 16.5 Å². The Bertz CT molecular complexity index is 897. The number of pyridine rings is 1. The summed E-state index contributed by atoms with van der Waals surface area (Å²) < 4.78 is 0.621. The summed E-state index contributed by atoms with van der Waals surface area (Å²) in [6, 6.07) is 7.65. The Morgan fingerprint density at radius 2 is 2.04 bits per heavy atom. The highest BCUT2D eigenvalue weighted by molar-refractivity contribution is 8.01. The summed E-state index contributed by atoms with van der Waals surface area (Å²) in [5, 5.41) is 23.0. The molecule has 1 N–H and O–H groups in total. The Morgan fingerprint density at radius 1 is 1.21 bits per heavy atom. The van der Waals surface area contributed by atoms with Gasteiger partial charge in [-0.3, -0.25) is 15.1 Å². The number of rotatable bonds is 5. The predicted octanol–water partition coefficient (Wildman–Crippen LogP) is 4.35. The van der Waals surface area contributed by atoms with Gasteiger partial charge >= 0.3 is 5.69 Å². The normalized spacial score (nSPS) is 10.6. The zero-order chi connectivity index (χ0) is 17.1. The first-order valence-corrected chi connectivity index (χ1v) is 8.60. The number of benzene rings is 1. The Hall–Kier alpha value is -2.52. The van der Waals surface area contributed by atoms with Crippen molar-refractivity contribution < 1.29 is 4.92 Å². The van der Waals surface area contributed by atoms with Gasteiger partial charge in [0.2, 0.25) is 5.13 Å². The summed E-state index contributed by atoms with van der Waals surface area (Å²) >= 11 is 2.54. The molecule has 0 saturated carbocycles. The van der Waals surface area contributed by atoms with E-state index in [0.29, 0.717) is 14.4 Å². The van der Waals surface area contributed by atoms with Crippen molar-refractivity contribution in [3.63, 3.8) is 0 Å². The summed E-state index contributed by atoms with van der Waals surface area (Å²) in [5.41, 5.74) is 3.30. The Labute approximate surface area is 146 Å². The second kappa shape index (κ2) is 6.93. The van der Waals surface area contributed by atoms with Crippen LogP contribution in [-0.2, 0) is 0 Å². The van der Waals surface area contributed by atoms with Crippen LogP contribution in [0.2, 0.25) is 0 Å². The number of hydrogen-bond acceptors (Lipinski definition) is 8. The highest BCUT2D eigenvalue weighted by atomic mass is 32.2. The number of nitrogens with zero attached hydrogens (tertiary/aromatic N) is 4. The summed E-state index contributed by atoms with van der Waals surface area (Å²) in [6.07, 6.45) is 2.75. The van der Waals surface area contributed by atoms with E-state index < -0.39 is 4.92 Å². The molecular weight excluding hydrogens is 346 g/mol. The van der Waals surface area contributed by atoms with Crippen molar-refractivity contribution in [2.45, 2.75) is 23.1 Å². The van der Waals surface area contributed by atoms with Gasteiger partial charge in [-0.15, -0.1) is 10.2 Å². The molecule has 0 atom stereocenters. The average Bonchev–Trinajstić information content (AvgIpc) is 2.98. The van der Waals surface area contributed by atoms with Gasteiger partial charge in [0.05, 0.1) is 9.82 Å². The van der Waals surface area contributed by atoms with Crippen LogP contribution in [0.3, 0.4) is 0 Å². The molecule has 1 aromatic carbocycles. The second-order valence-electron chi connectivity index (χ2n) is 5.00. The van der Waals surface area contributed by atoms with E-state index in [1.165, 1.54) is 46.6 Å². The smallest absolute Gasteiger partial charge is 0.301 e. The quantitative estimate of drug-likeness (QED) is 0.534. The molecule has 0 spiro atoms. The monoisotopic (exact) mass is 359 g/mol. The zero-order valence-electron chi connectivity index (χ0n) is 12.9. The Morgan fingerprint density at radius 3 is 2.79 bits per heavy atom. The number of aromatic nitrogens is 3. The van der Waals surface area contributed by atoms with Crippen LogP contribution in [0.1, 0.15) is 11.1 Å². The fourth-order valence-electron chi connectivity index (χ4n) is 1.94. The average molecular weight is 359 g/mol. The van der Waals surface area contributed by atoms with Gasteiger partial charge in [0.25, 0.3) is 0 Å². The van der Waals surface area contributed by atoms with E-state index in [-0.39, 0.29) is 5.69 Å². The van der Waals surface area contributed by atoms with Crippen LogP contribution in [0.5, 0.6) is 0 Å². The lowest BCUT2D eigenvalue weighted by molar-refractivity contribution is -0.388. The molecule has 0 bridgehead atoms. The Kier molecular flexibility index (Phi) is 4.72. The number of aryl methyl sites for hydroxylation is 2. The van der Waals surface area contributed by atoms with E-state index in [1.54, 1.807) is 6.07 Å². The van der Waals surface area contributed by atoms with E-state index in [1.807, 2.05) is 25.1 Å². The van der Waals surface area contributed by atoms with E-state index >= 15 is 0 Å². The molecule has 9 heteroatoms. The molecule has 2 aromatic heterocycles. The third-order valence-electron chi connectivity index (χ3n) is 3.32. The van der Waals surface area contributed by atoms with Gasteiger partial charge in [-0.05, 0) is 54.9 Å². The molecule has 2 heterocycles. The summed E-state index contributed by atoms with van der Waals surface area (Å²) in [6.45, 7) is 4.10. The lowest BCUT2D eigenvalue weighted by Gasteiger charge is -2.05. The van der Waals surface area contributed by atoms with E-state index in [2.05, 4.69) is 27.4 Å². The van der Waals surface area contributed by atoms with Crippen LogP contribution in [0, 0.1) is 24.0 Å². The molecular formula is C15H13N5O2S2. The minimum absolute atomic E-state index is 0.0404. The van der Waals surface area contributed by atoms with Crippen LogP contribution in [0.15, 0.2) is 45.9 Å². The maximum absolute atomic E-state index is 11.0. The first-order valence-electron chi connectivity index (χ1n) is 6.97. The summed E-state index contributed by atoms with van der Waals surface area (Å²) in [7, 11) is 0. The Balaban J connectivity index is 1.76. The molecule has 0 aliphatic carbocycles. The fraction of sp³-hybridized carbons (Fsp3) is 0.133. The van der Waals surface area contributed by atoms with Crippen molar-refractivity contribution in [3.8, 4) is 0 Å². The van der Waals surface area contributed by atoms with Crippen molar-refractivity contribution >= 4 is 39.6 Å². The van der Waals surface area contributed by atoms with Gasteiger partial charge < -0.3 is 5.32 Å². The van der Waals surface area contributed by atoms with Crippen molar-refractivity contribution in [2.24, 2.45) is 0 Å². The van der Waals surface area contributed by atoms with Crippen molar-refractivity contribution in [1.82, 2.24) is 15.2 Å². The highest BCUT2D eigenvalue weighted by Crippen LogP contribution is 2.37. The molecule has 0 unspecified atom stereocenters. The molecule has 3 rings (SSSR count). The van der Waals surface area contributed by atoms with Gasteiger partial charge in [-0.1, -0.05) is 17.4 Å². The number of hydrogen-bond donors (Lipinski definition) is 1. The lowest BCUT2D eigenvalue weighted by Crippen LogP contribution is -1.91. The van der Waals surface area contributed by atoms with Crippen molar-refractivity contribution in [2.75, 3.05) is 5.32 Å². The van der Waals surface area contributed by atoms with Gasteiger partial charge in [0.1, 0.15) is 6.20 Å². The maximum Gasteiger partial charge on any atom is 0.301 e. The first-order chi connectivity index (χ1) is 11.5. The SMILES string of the molecule is Cc1ccc(Nc2nnc(Sc3ccncc3[N+](=O)[O-])s2)cc1C. The van der Waals surface area contributed by atoms with E-state index in [9.17, 15) is 10.1 Å². The van der Waals surface area contributed by atoms with Crippen LogP contribution >= 0.6 is 23.1 Å². The van der Waals surface area contributed by atoms with Crippen LogP contribution in [-0.4, -0.2) is 20.1 Å². The third-order valence-corrected chi connectivity index (χ3v) is 5.27. The van der Waals surface area contributed by atoms with Gasteiger partial charge in [-0.25, -0.2) is 0 Å². The summed E-state index contributed by atoms with van der Waals surface area (Å²) in [4.78, 5) is 14.8. The molecule has 0 saturated heterocycles. The number of nitrogens with one attached hydrogen (secondary N) is 1. The van der Waals surface area contributed by atoms with E-state index in [4.69, 9.17) is 0 Å². The minimum atomic E-state index is -0.454. The molecule has 122 valence electrons. The minimum Gasteiger partial charge on any atom is -0.330 e. The molecule has 0 fully saturated rings. The van der Waals surface area contributed by atoms with E-state index in [0.717, 1.165) is 5.69 Å². The maximum atomic E-state index is 11.0. The predicted molar refractivity (Wildman–Crippen MR) is 94.1 cm³/mol. The standard InChI is InChI=1S/C15H13N5O2S2/c1-9-3-4-11(7-10(9)2)17-14-18-19-15(24-14)23-13-5-6-16-8-12(13)20(21)22/h3-8H,1-2H3,(H,17,18). The van der Waals surface area contributed by atoms with Crippen molar-refractivity contribution in [3.05, 3.63) is 57.9 Å². The molecule has 24 heavy (non-hydrogen) atoms. The molecule has 0 radical (unpaired) electrons. The second-order valence-corrected chi connectivity index (χ2v) is 7.27. The van der Waals surface area contributed by atoms with Crippen LogP contribution < -0.4 is 5.32 Å². The highest BCUT2D eigenvalue weighted by Gasteiger charge is 2.16. The van der Waals surface area contributed by atoms with Gasteiger partial charge in [0, 0.05) is 11.9 Å². The number of anilines is 2. The molecule has 7 nitrogen and oxygen atoms in total. The van der Waals surface area contributed by atoms with Crippen molar-refractivity contribution in [1.29, 1.82) is 0 Å². The molecule has 0 aliphatic rings. The molecule has 3 aromatic rings. The van der Waals surface area contributed by atoms with Crippen LogP contribution in [0.25, 0.3) is 0 Å². The zero-order valence-corrected chi connectivity index (χ0v) is 14.5.